The number of fused-ring (bicyclic) bond motifs is 1. The molecule has 3 heterocycles. The molecule has 0 bridgehead atoms. The van der Waals surface area contributed by atoms with Crippen LogP contribution in [0.25, 0.3) is 0 Å². The summed E-state index contributed by atoms with van der Waals surface area (Å²) in [5.74, 6) is 0.468. The second-order valence-electron chi connectivity index (χ2n) is 6.86. The van der Waals surface area contributed by atoms with Crippen LogP contribution in [-0.2, 0) is 12.7 Å². The number of carbonyl (C=O) groups is 1. The fraction of sp³-hybridized carbons (Fsp3) is 0.316. The molecule has 4 rings (SSSR count). The van der Waals surface area contributed by atoms with E-state index < -0.39 is 11.7 Å². The molecule has 1 atom stereocenters. The molecule has 0 spiro atoms. The molecule has 3 N–H and O–H groups in total. The van der Waals surface area contributed by atoms with Gasteiger partial charge in [0.15, 0.2) is 5.13 Å². The van der Waals surface area contributed by atoms with E-state index >= 15 is 0 Å². The Kier molecular flexibility index (Phi) is 5.37. The van der Waals surface area contributed by atoms with E-state index in [1.807, 2.05) is 11.5 Å². The van der Waals surface area contributed by atoms with E-state index in [2.05, 4.69) is 25.9 Å². The van der Waals surface area contributed by atoms with E-state index in [4.69, 9.17) is 0 Å². The first-order valence-corrected chi connectivity index (χ1v) is 10.1. The molecule has 2 aromatic heterocycles. The minimum Gasteiger partial charge on any atom is -0.356 e. The van der Waals surface area contributed by atoms with E-state index in [1.54, 1.807) is 12.4 Å². The minimum absolute atomic E-state index is 0.226. The van der Waals surface area contributed by atoms with Gasteiger partial charge in [-0.2, -0.15) is 13.2 Å². The van der Waals surface area contributed by atoms with Crippen LogP contribution in [0.3, 0.4) is 0 Å². The molecule has 7 nitrogen and oxygen atoms in total. The molecule has 1 aliphatic rings. The van der Waals surface area contributed by atoms with E-state index in [0.717, 1.165) is 36.5 Å². The van der Waals surface area contributed by atoms with Gasteiger partial charge in [-0.3, -0.25) is 4.79 Å². The Labute approximate surface area is 174 Å². The van der Waals surface area contributed by atoms with Crippen LogP contribution in [-0.4, -0.2) is 27.0 Å². The number of imidazole rings is 1. The molecule has 1 unspecified atom stereocenters. The zero-order chi connectivity index (χ0) is 21.3. The van der Waals surface area contributed by atoms with Crippen molar-refractivity contribution >= 4 is 34.0 Å². The number of benzene rings is 1. The number of thiazole rings is 1. The van der Waals surface area contributed by atoms with Gasteiger partial charge in [0.05, 0.1) is 17.8 Å². The SMILES string of the molecule is CC(NC(=O)c1cnc2n1CCCN2)c1cnc(Nc2ccc(C(F)(F)F)cc2)s1. The normalized spacial score (nSPS) is 14.5. The van der Waals surface area contributed by atoms with E-state index in [1.165, 1.54) is 23.5 Å². The summed E-state index contributed by atoms with van der Waals surface area (Å²) in [7, 11) is 0. The molecule has 11 heteroatoms. The topological polar surface area (TPSA) is 83.9 Å². The maximum atomic E-state index is 12.7. The predicted molar refractivity (Wildman–Crippen MR) is 108 cm³/mol. The van der Waals surface area contributed by atoms with Gasteiger partial charge in [-0.1, -0.05) is 11.3 Å². The summed E-state index contributed by atoms with van der Waals surface area (Å²) in [6.07, 6.45) is -0.256. The Morgan fingerprint density at radius 2 is 2.00 bits per heavy atom. The quantitative estimate of drug-likeness (QED) is 0.552. The number of rotatable bonds is 5. The molecule has 30 heavy (non-hydrogen) atoms. The van der Waals surface area contributed by atoms with Gasteiger partial charge in [-0.25, -0.2) is 9.97 Å². The van der Waals surface area contributed by atoms with E-state index in [9.17, 15) is 18.0 Å². The van der Waals surface area contributed by atoms with Crippen LogP contribution in [0.1, 0.15) is 40.3 Å². The number of nitrogens with one attached hydrogen (secondary N) is 3. The van der Waals surface area contributed by atoms with Crippen LogP contribution in [0.4, 0.5) is 29.9 Å². The molecule has 0 fully saturated rings. The first kappa shape index (κ1) is 20.2. The summed E-state index contributed by atoms with van der Waals surface area (Å²) in [6, 6.07) is 4.44. The van der Waals surface area contributed by atoms with Crippen LogP contribution in [0.15, 0.2) is 36.7 Å². The highest BCUT2D eigenvalue weighted by molar-refractivity contribution is 7.15. The standard InChI is InChI=1S/C19H19F3N6OS/c1-11(26-16(29)14-9-24-17-23-7-2-8-28(14)17)15-10-25-18(30-15)27-13-5-3-12(4-6-13)19(20,21)22/h3-6,9-11H,2,7-8H2,1H3,(H,23,24)(H,25,27)(H,26,29). The van der Waals surface area contributed by atoms with Crippen LogP contribution in [0.2, 0.25) is 0 Å². The number of nitrogens with zero attached hydrogens (tertiary/aromatic N) is 3. The monoisotopic (exact) mass is 436 g/mol. The molecule has 0 saturated carbocycles. The van der Waals surface area contributed by atoms with Crippen LogP contribution in [0, 0.1) is 0 Å². The molecule has 0 saturated heterocycles. The lowest BCUT2D eigenvalue weighted by Crippen LogP contribution is -2.29. The summed E-state index contributed by atoms with van der Waals surface area (Å²) in [4.78, 5) is 21.9. The number of aromatic nitrogens is 3. The lowest BCUT2D eigenvalue weighted by atomic mass is 10.2. The zero-order valence-electron chi connectivity index (χ0n) is 16.0. The Bertz CT molecular complexity index is 1040. The van der Waals surface area contributed by atoms with Gasteiger partial charge < -0.3 is 20.5 Å². The van der Waals surface area contributed by atoms with Crippen molar-refractivity contribution in [3.8, 4) is 0 Å². The molecule has 0 radical (unpaired) electrons. The third-order valence-electron chi connectivity index (χ3n) is 4.69. The van der Waals surface area contributed by atoms with E-state index in [0.29, 0.717) is 22.5 Å². The maximum absolute atomic E-state index is 12.7. The smallest absolute Gasteiger partial charge is 0.356 e. The second-order valence-corrected chi connectivity index (χ2v) is 7.92. The van der Waals surface area contributed by atoms with Crippen LogP contribution < -0.4 is 16.0 Å². The largest absolute Gasteiger partial charge is 0.416 e. The van der Waals surface area contributed by atoms with Gasteiger partial charge in [-0.05, 0) is 37.6 Å². The highest BCUT2D eigenvalue weighted by Gasteiger charge is 2.30. The third kappa shape index (κ3) is 4.25. The van der Waals surface area contributed by atoms with Crippen molar-refractivity contribution < 1.29 is 18.0 Å². The van der Waals surface area contributed by atoms with Crippen molar-refractivity contribution in [3.63, 3.8) is 0 Å². The Morgan fingerprint density at radius 3 is 2.73 bits per heavy atom. The summed E-state index contributed by atoms with van der Waals surface area (Å²) in [5, 5.41) is 9.60. The number of alkyl halides is 3. The number of halogens is 3. The highest BCUT2D eigenvalue weighted by atomic mass is 32.1. The predicted octanol–water partition coefficient (Wildman–Crippen LogP) is 4.41. The Balaban J connectivity index is 1.40. The molecule has 1 amide bonds. The lowest BCUT2D eigenvalue weighted by molar-refractivity contribution is -0.137. The molecule has 1 aliphatic heterocycles. The fourth-order valence-electron chi connectivity index (χ4n) is 3.11. The van der Waals surface area contributed by atoms with Gasteiger partial charge in [0.2, 0.25) is 5.95 Å². The van der Waals surface area contributed by atoms with Crippen molar-refractivity contribution in [2.45, 2.75) is 32.1 Å². The Morgan fingerprint density at radius 1 is 1.23 bits per heavy atom. The molecule has 158 valence electrons. The summed E-state index contributed by atoms with van der Waals surface area (Å²) in [6.45, 7) is 3.42. The average Bonchev–Trinajstić information content (AvgIpc) is 3.35. The summed E-state index contributed by atoms with van der Waals surface area (Å²) >= 11 is 1.32. The van der Waals surface area contributed by atoms with Gasteiger partial charge in [0.1, 0.15) is 5.69 Å². The second kappa shape index (κ2) is 7.98. The van der Waals surface area contributed by atoms with Gasteiger partial charge in [0, 0.05) is 29.9 Å². The van der Waals surface area contributed by atoms with Crippen molar-refractivity contribution in [3.05, 3.63) is 52.8 Å². The van der Waals surface area contributed by atoms with Gasteiger partial charge in [-0.15, -0.1) is 0 Å². The lowest BCUT2D eigenvalue weighted by Gasteiger charge is -2.18. The van der Waals surface area contributed by atoms with Gasteiger partial charge in [0.25, 0.3) is 5.91 Å². The molecular weight excluding hydrogens is 417 g/mol. The third-order valence-corrected chi connectivity index (χ3v) is 5.79. The van der Waals surface area contributed by atoms with Gasteiger partial charge >= 0.3 is 6.18 Å². The van der Waals surface area contributed by atoms with Crippen LogP contribution in [0.5, 0.6) is 0 Å². The number of hydrogen-bond acceptors (Lipinski definition) is 6. The van der Waals surface area contributed by atoms with Crippen molar-refractivity contribution in [1.29, 1.82) is 0 Å². The molecule has 3 aromatic rings. The summed E-state index contributed by atoms with van der Waals surface area (Å²) in [5.41, 5.74) is 0.289. The van der Waals surface area contributed by atoms with Crippen molar-refractivity contribution in [2.24, 2.45) is 0 Å². The fourth-order valence-corrected chi connectivity index (χ4v) is 3.95. The molecule has 1 aromatic carbocycles. The van der Waals surface area contributed by atoms with Crippen molar-refractivity contribution in [2.75, 3.05) is 17.2 Å². The minimum atomic E-state index is -4.37. The number of carbonyl (C=O) groups excluding carboxylic acids is 1. The highest BCUT2D eigenvalue weighted by Crippen LogP contribution is 2.31. The maximum Gasteiger partial charge on any atom is 0.416 e. The first-order valence-electron chi connectivity index (χ1n) is 9.31. The number of anilines is 3. The van der Waals surface area contributed by atoms with Crippen LogP contribution >= 0.6 is 11.3 Å². The van der Waals surface area contributed by atoms with E-state index in [-0.39, 0.29) is 11.9 Å². The average molecular weight is 436 g/mol. The molecular formula is C19H19F3N6OS. The Hall–Kier alpha value is -3.08. The molecule has 0 aliphatic carbocycles. The van der Waals surface area contributed by atoms with Crippen molar-refractivity contribution in [1.82, 2.24) is 19.9 Å². The number of hydrogen-bond donors (Lipinski definition) is 3. The zero-order valence-corrected chi connectivity index (χ0v) is 16.8. The number of amides is 1. The first-order chi connectivity index (χ1) is 14.3. The summed E-state index contributed by atoms with van der Waals surface area (Å²) < 4.78 is 39.8.